The van der Waals surface area contributed by atoms with Crippen LogP contribution in [0.4, 0.5) is 24.4 Å². The quantitative estimate of drug-likeness (QED) is 0.584. The number of rotatable bonds is 6. The lowest BCUT2D eigenvalue weighted by Gasteiger charge is -2.05. The summed E-state index contributed by atoms with van der Waals surface area (Å²) in [7, 11) is 0. The zero-order valence-electron chi connectivity index (χ0n) is 14.5. The lowest BCUT2D eigenvalue weighted by Crippen LogP contribution is -2.24. The van der Waals surface area contributed by atoms with Gasteiger partial charge in [-0.25, -0.2) is 18.6 Å². The predicted molar refractivity (Wildman–Crippen MR) is 103 cm³/mol. The molecule has 0 aliphatic rings. The maximum absolute atomic E-state index is 12.9. The summed E-state index contributed by atoms with van der Waals surface area (Å²) >= 11 is 1.18. The van der Waals surface area contributed by atoms with E-state index in [9.17, 15) is 18.4 Å². The average molecular weight is 402 g/mol. The maximum atomic E-state index is 12.9. The van der Waals surface area contributed by atoms with Crippen LogP contribution in [0.2, 0.25) is 0 Å². The number of thiazole rings is 1. The molecular weight excluding hydrogens is 386 g/mol. The molecular formula is C19H16F2N4O2S. The molecule has 0 aliphatic carbocycles. The van der Waals surface area contributed by atoms with Crippen LogP contribution in [0, 0.1) is 11.6 Å². The molecule has 9 heteroatoms. The van der Waals surface area contributed by atoms with Crippen molar-refractivity contribution >= 4 is 34.1 Å². The topological polar surface area (TPSA) is 83.1 Å². The first-order valence-corrected chi connectivity index (χ1v) is 9.15. The number of nitrogens with zero attached hydrogens (tertiary/aromatic N) is 1. The molecule has 3 rings (SSSR count). The van der Waals surface area contributed by atoms with Gasteiger partial charge >= 0.3 is 6.03 Å². The van der Waals surface area contributed by atoms with Crippen LogP contribution in [0.15, 0.2) is 53.9 Å². The maximum Gasteiger partial charge on any atom is 0.325 e. The van der Waals surface area contributed by atoms with Crippen molar-refractivity contribution in [2.24, 2.45) is 0 Å². The summed E-state index contributed by atoms with van der Waals surface area (Å²) in [6.07, 6.45) is 0.0545. The van der Waals surface area contributed by atoms with Crippen molar-refractivity contribution in [3.63, 3.8) is 0 Å². The van der Waals surface area contributed by atoms with Gasteiger partial charge in [0.15, 0.2) is 5.13 Å². The molecule has 3 N–H and O–H groups in total. The molecule has 2 aromatic carbocycles. The van der Waals surface area contributed by atoms with Crippen molar-refractivity contribution in [2.45, 2.75) is 13.0 Å². The number of halogens is 2. The smallest absolute Gasteiger partial charge is 0.325 e. The van der Waals surface area contributed by atoms with Crippen LogP contribution in [0.5, 0.6) is 0 Å². The van der Waals surface area contributed by atoms with E-state index in [-0.39, 0.29) is 24.7 Å². The Kier molecular flexibility index (Phi) is 6.28. The Morgan fingerprint density at radius 3 is 2.25 bits per heavy atom. The summed E-state index contributed by atoms with van der Waals surface area (Å²) in [5.41, 5.74) is 1.74. The molecule has 1 aromatic heterocycles. The van der Waals surface area contributed by atoms with E-state index < -0.39 is 11.8 Å². The number of amides is 3. The standard InChI is InChI=1S/C19H16F2N4O2S/c20-13-3-1-12(2-4-13)10-22-17(26)9-16-11-28-19(24-16)25-18(27)23-15-7-5-14(21)6-8-15/h1-8,11H,9-10H2,(H,22,26)(H2,23,24,25,27). The third kappa shape index (κ3) is 5.85. The number of carbonyl (C=O) groups excluding carboxylic acids is 2. The van der Waals surface area contributed by atoms with Gasteiger partial charge in [-0.15, -0.1) is 11.3 Å². The molecule has 0 bridgehead atoms. The van der Waals surface area contributed by atoms with Gasteiger partial charge in [0.1, 0.15) is 11.6 Å². The second-order valence-corrected chi connectivity index (χ2v) is 6.67. The van der Waals surface area contributed by atoms with Crippen LogP contribution in [0.25, 0.3) is 0 Å². The molecule has 0 radical (unpaired) electrons. The van der Waals surface area contributed by atoms with E-state index in [2.05, 4.69) is 20.9 Å². The Morgan fingerprint density at radius 1 is 0.929 bits per heavy atom. The minimum atomic E-state index is -0.520. The Labute approximate surface area is 163 Å². The predicted octanol–water partition coefficient (Wildman–Crippen LogP) is 3.92. The fraction of sp³-hybridized carbons (Fsp3) is 0.105. The Hall–Kier alpha value is -3.33. The third-order valence-corrected chi connectivity index (χ3v) is 4.43. The van der Waals surface area contributed by atoms with E-state index in [0.717, 1.165) is 5.56 Å². The summed E-state index contributed by atoms with van der Waals surface area (Å²) in [6.45, 7) is 0.286. The second kappa shape index (κ2) is 9.05. The van der Waals surface area contributed by atoms with E-state index in [1.165, 1.54) is 47.7 Å². The van der Waals surface area contributed by atoms with Crippen LogP contribution in [0.3, 0.4) is 0 Å². The highest BCUT2D eigenvalue weighted by atomic mass is 32.1. The first-order valence-electron chi connectivity index (χ1n) is 8.27. The SMILES string of the molecule is O=C(Cc1csc(NC(=O)Nc2ccc(F)cc2)n1)NCc1ccc(F)cc1. The van der Waals surface area contributed by atoms with Gasteiger partial charge in [0.25, 0.3) is 0 Å². The molecule has 0 unspecified atom stereocenters. The zero-order chi connectivity index (χ0) is 19.9. The molecule has 3 amide bonds. The number of nitrogens with one attached hydrogen (secondary N) is 3. The highest BCUT2D eigenvalue weighted by molar-refractivity contribution is 7.14. The zero-order valence-corrected chi connectivity index (χ0v) is 15.4. The summed E-state index contributed by atoms with van der Waals surface area (Å²) in [5, 5.41) is 9.85. The van der Waals surface area contributed by atoms with E-state index in [0.29, 0.717) is 16.5 Å². The van der Waals surface area contributed by atoms with Gasteiger partial charge in [0, 0.05) is 17.6 Å². The fourth-order valence-electron chi connectivity index (χ4n) is 2.27. The van der Waals surface area contributed by atoms with Crippen LogP contribution in [-0.2, 0) is 17.8 Å². The van der Waals surface area contributed by atoms with E-state index in [4.69, 9.17) is 0 Å². The second-order valence-electron chi connectivity index (χ2n) is 5.81. The first-order chi connectivity index (χ1) is 13.5. The van der Waals surface area contributed by atoms with Crippen molar-refractivity contribution in [3.05, 3.63) is 76.8 Å². The monoisotopic (exact) mass is 402 g/mol. The van der Waals surface area contributed by atoms with Crippen LogP contribution in [0.1, 0.15) is 11.3 Å². The van der Waals surface area contributed by atoms with Gasteiger partial charge < -0.3 is 10.6 Å². The van der Waals surface area contributed by atoms with Crippen LogP contribution < -0.4 is 16.0 Å². The normalized spacial score (nSPS) is 10.4. The van der Waals surface area contributed by atoms with Gasteiger partial charge in [-0.05, 0) is 42.0 Å². The minimum Gasteiger partial charge on any atom is -0.352 e. The Morgan fingerprint density at radius 2 is 1.57 bits per heavy atom. The van der Waals surface area contributed by atoms with Crippen molar-refractivity contribution in [2.75, 3.05) is 10.6 Å². The number of hydrogen-bond donors (Lipinski definition) is 3. The Balaban J connectivity index is 1.46. The van der Waals surface area contributed by atoms with Crippen LogP contribution >= 0.6 is 11.3 Å². The number of benzene rings is 2. The van der Waals surface area contributed by atoms with Gasteiger partial charge in [-0.2, -0.15) is 0 Å². The van der Waals surface area contributed by atoms with E-state index in [1.54, 1.807) is 17.5 Å². The Bertz CT molecular complexity index is 959. The number of aromatic nitrogens is 1. The molecule has 3 aromatic rings. The highest BCUT2D eigenvalue weighted by Crippen LogP contribution is 2.17. The minimum absolute atomic E-state index is 0.0545. The molecule has 0 fully saturated rings. The molecule has 0 aliphatic heterocycles. The van der Waals surface area contributed by atoms with E-state index >= 15 is 0 Å². The first kappa shape index (κ1) is 19.4. The summed E-state index contributed by atoms with van der Waals surface area (Å²) in [6, 6.07) is 10.7. The van der Waals surface area contributed by atoms with Crippen molar-refractivity contribution in [1.82, 2.24) is 10.3 Å². The van der Waals surface area contributed by atoms with Gasteiger partial charge in [0.2, 0.25) is 5.91 Å². The number of anilines is 2. The van der Waals surface area contributed by atoms with E-state index in [1.807, 2.05) is 0 Å². The lowest BCUT2D eigenvalue weighted by atomic mass is 10.2. The molecule has 28 heavy (non-hydrogen) atoms. The molecule has 0 saturated carbocycles. The molecule has 0 saturated heterocycles. The summed E-state index contributed by atoms with van der Waals surface area (Å²) in [5.74, 6) is -0.966. The third-order valence-electron chi connectivity index (χ3n) is 3.62. The number of urea groups is 1. The highest BCUT2D eigenvalue weighted by Gasteiger charge is 2.10. The van der Waals surface area contributed by atoms with Crippen molar-refractivity contribution in [1.29, 1.82) is 0 Å². The van der Waals surface area contributed by atoms with Gasteiger partial charge in [-0.1, -0.05) is 12.1 Å². The lowest BCUT2D eigenvalue weighted by molar-refractivity contribution is -0.120. The summed E-state index contributed by atoms with van der Waals surface area (Å²) in [4.78, 5) is 28.1. The molecule has 144 valence electrons. The summed E-state index contributed by atoms with van der Waals surface area (Å²) < 4.78 is 25.7. The molecule has 0 atom stereocenters. The fourth-order valence-corrected chi connectivity index (χ4v) is 2.97. The van der Waals surface area contributed by atoms with Gasteiger partial charge in [0.05, 0.1) is 12.1 Å². The number of carbonyl (C=O) groups is 2. The largest absolute Gasteiger partial charge is 0.352 e. The molecule has 0 spiro atoms. The average Bonchev–Trinajstić information content (AvgIpc) is 3.09. The number of hydrogen-bond acceptors (Lipinski definition) is 4. The van der Waals surface area contributed by atoms with Crippen molar-refractivity contribution < 1.29 is 18.4 Å². The molecule has 6 nitrogen and oxygen atoms in total. The van der Waals surface area contributed by atoms with Gasteiger partial charge in [-0.3, -0.25) is 10.1 Å². The molecule has 1 heterocycles. The van der Waals surface area contributed by atoms with Crippen LogP contribution in [-0.4, -0.2) is 16.9 Å². The van der Waals surface area contributed by atoms with Crippen molar-refractivity contribution in [3.8, 4) is 0 Å².